The normalized spacial score (nSPS) is 12.3. The highest BCUT2D eigenvalue weighted by atomic mass is 32.2. The van der Waals surface area contributed by atoms with Crippen LogP contribution < -0.4 is 0 Å². The molecule has 0 aliphatic rings. The third-order valence-electron chi connectivity index (χ3n) is 2.87. The third kappa shape index (κ3) is 3.83. The number of hydrogen-bond acceptors (Lipinski definition) is 5. The lowest BCUT2D eigenvalue weighted by Crippen LogP contribution is -2.14. The van der Waals surface area contributed by atoms with E-state index in [-0.39, 0.29) is 11.8 Å². The van der Waals surface area contributed by atoms with Crippen molar-refractivity contribution in [2.45, 2.75) is 18.1 Å². The van der Waals surface area contributed by atoms with Gasteiger partial charge < -0.3 is 9.84 Å². The summed E-state index contributed by atoms with van der Waals surface area (Å²) in [6.45, 7) is 2.49. The lowest BCUT2D eigenvalue weighted by molar-refractivity contribution is -0.133. The molecule has 0 radical (unpaired) electrons. The Labute approximate surface area is 127 Å². The number of carboxylic acids is 1. The van der Waals surface area contributed by atoms with Gasteiger partial charge in [-0.3, -0.25) is 9.36 Å². The zero-order valence-electron chi connectivity index (χ0n) is 11.9. The van der Waals surface area contributed by atoms with Crippen LogP contribution in [-0.4, -0.2) is 45.3 Å². The molecule has 1 heterocycles. The van der Waals surface area contributed by atoms with E-state index in [1.54, 1.807) is 7.11 Å². The number of carbonyl (C=O) groups is 1. The SMILES string of the molecule is COCC(C)n1c(SCC(=O)O)nnc1-c1ccccc1. The Bertz CT molecular complexity index is 601. The second-order valence-electron chi connectivity index (χ2n) is 4.53. The van der Waals surface area contributed by atoms with Crippen molar-refractivity contribution in [3.05, 3.63) is 30.3 Å². The molecule has 2 aromatic rings. The van der Waals surface area contributed by atoms with Gasteiger partial charge in [0.2, 0.25) is 0 Å². The van der Waals surface area contributed by atoms with Gasteiger partial charge in [-0.2, -0.15) is 0 Å². The van der Waals surface area contributed by atoms with Crippen molar-refractivity contribution >= 4 is 17.7 Å². The van der Waals surface area contributed by atoms with Gasteiger partial charge in [-0.1, -0.05) is 42.1 Å². The van der Waals surface area contributed by atoms with E-state index in [9.17, 15) is 4.79 Å². The fraction of sp³-hybridized carbons (Fsp3) is 0.357. The van der Waals surface area contributed by atoms with E-state index in [1.807, 2.05) is 41.8 Å². The Kier molecular flexibility index (Phi) is 5.35. The van der Waals surface area contributed by atoms with Crippen LogP contribution in [0, 0.1) is 0 Å². The van der Waals surface area contributed by atoms with Crippen molar-refractivity contribution in [2.75, 3.05) is 19.5 Å². The molecule has 1 N–H and O–H groups in total. The molecule has 0 aliphatic carbocycles. The number of hydrogen-bond donors (Lipinski definition) is 1. The minimum Gasteiger partial charge on any atom is -0.481 e. The average molecular weight is 307 g/mol. The van der Waals surface area contributed by atoms with Crippen LogP contribution in [-0.2, 0) is 9.53 Å². The van der Waals surface area contributed by atoms with Crippen LogP contribution in [0.5, 0.6) is 0 Å². The van der Waals surface area contributed by atoms with E-state index < -0.39 is 5.97 Å². The molecule has 1 atom stereocenters. The standard InChI is InChI=1S/C14H17N3O3S/c1-10(8-20-2)17-13(11-6-4-3-5-7-11)15-16-14(17)21-9-12(18)19/h3-7,10H,8-9H2,1-2H3,(H,18,19). The van der Waals surface area contributed by atoms with Crippen LogP contribution in [0.4, 0.5) is 0 Å². The number of benzene rings is 1. The van der Waals surface area contributed by atoms with Crippen LogP contribution in [0.2, 0.25) is 0 Å². The Morgan fingerprint density at radius 1 is 1.38 bits per heavy atom. The molecule has 0 fully saturated rings. The topological polar surface area (TPSA) is 77.2 Å². The number of rotatable bonds is 7. The fourth-order valence-electron chi connectivity index (χ4n) is 2.00. The molecule has 21 heavy (non-hydrogen) atoms. The van der Waals surface area contributed by atoms with Gasteiger partial charge in [-0.25, -0.2) is 0 Å². The number of ether oxygens (including phenoxy) is 1. The summed E-state index contributed by atoms with van der Waals surface area (Å²) in [5.74, 6) is -0.213. The minimum absolute atomic E-state index is 0.0106. The summed E-state index contributed by atoms with van der Waals surface area (Å²) in [5.41, 5.74) is 0.940. The van der Waals surface area contributed by atoms with E-state index in [0.29, 0.717) is 17.6 Å². The van der Waals surface area contributed by atoms with Gasteiger partial charge in [0.25, 0.3) is 0 Å². The van der Waals surface area contributed by atoms with Crippen molar-refractivity contribution in [1.29, 1.82) is 0 Å². The lowest BCUT2D eigenvalue weighted by atomic mass is 10.2. The van der Waals surface area contributed by atoms with E-state index >= 15 is 0 Å². The summed E-state index contributed by atoms with van der Waals surface area (Å²) in [7, 11) is 1.63. The predicted octanol–water partition coefficient (Wildman–Crippen LogP) is 2.33. The molecular formula is C14H17N3O3S. The van der Waals surface area contributed by atoms with E-state index in [1.165, 1.54) is 0 Å². The molecule has 6 nitrogen and oxygen atoms in total. The lowest BCUT2D eigenvalue weighted by Gasteiger charge is -2.17. The van der Waals surface area contributed by atoms with Crippen molar-refractivity contribution in [3.8, 4) is 11.4 Å². The number of aromatic nitrogens is 3. The van der Waals surface area contributed by atoms with E-state index in [2.05, 4.69) is 10.2 Å². The Morgan fingerprint density at radius 2 is 2.10 bits per heavy atom. The van der Waals surface area contributed by atoms with Crippen LogP contribution >= 0.6 is 11.8 Å². The Balaban J connectivity index is 2.38. The minimum atomic E-state index is -0.879. The highest BCUT2D eigenvalue weighted by Crippen LogP contribution is 2.27. The molecule has 2 rings (SSSR count). The molecular weight excluding hydrogens is 290 g/mol. The summed E-state index contributed by atoms with van der Waals surface area (Å²) < 4.78 is 7.12. The summed E-state index contributed by atoms with van der Waals surface area (Å²) in [5, 5.41) is 17.7. The number of methoxy groups -OCH3 is 1. The van der Waals surface area contributed by atoms with Gasteiger partial charge in [0.15, 0.2) is 11.0 Å². The highest BCUT2D eigenvalue weighted by Gasteiger charge is 2.19. The van der Waals surface area contributed by atoms with E-state index in [4.69, 9.17) is 9.84 Å². The molecule has 1 unspecified atom stereocenters. The molecule has 0 spiro atoms. The van der Waals surface area contributed by atoms with Gasteiger partial charge in [0.1, 0.15) is 0 Å². The first-order chi connectivity index (χ1) is 10.1. The molecule has 0 saturated heterocycles. The van der Waals surface area contributed by atoms with Crippen LogP contribution in [0.25, 0.3) is 11.4 Å². The van der Waals surface area contributed by atoms with Gasteiger partial charge in [-0.05, 0) is 6.92 Å². The summed E-state index contributed by atoms with van der Waals surface area (Å²) in [6.07, 6.45) is 0. The van der Waals surface area contributed by atoms with Gasteiger partial charge in [0, 0.05) is 12.7 Å². The molecule has 0 bridgehead atoms. The van der Waals surface area contributed by atoms with Gasteiger partial charge in [-0.15, -0.1) is 10.2 Å². The predicted molar refractivity (Wildman–Crippen MR) is 80.4 cm³/mol. The molecule has 0 amide bonds. The van der Waals surface area contributed by atoms with Gasteiger partial charge >= 0.3 is 5.97 Å². The molecule has 1 aromatic carbocycles. The highest BCUT2D eigenvalue weighted by molar-refractivity contribution is 7.99. The molecule has 0 saturated carbocycles. The third-order valence-corrected chi connectivity index (χ3v) is 3.80. The number of thioether (sulfide) groups is 1. The first kappa shape index (κ1) is 15.5. The smallest absolute Gasteiger partial charge is 0.313 e. The first-order valence-electron chi connectivity index (χ1n) is 6.47. The van der Waals surface area contributed by atoms with Gasteiger partial charge in [0.05, 0.1) is 18.4 Å². The molecule has 0 aliphatic heterocycles. The second kappa shape index (κ2) is 7.24. The van der Waals surface area contributed by atoms with Crippen LogP contribution in [0.1, 0.15) is 13.0 Å². The summed E-state index contributed by atoms with van der Waals surface area (Å²) in [4.78, 5) is 10.8. The van der Waals surface area contributed by atoms with Crippen LogP contribution in [0.3, 0.4) is 0 Å². The van der Waals surface area contributed by atoms with Crippen molar-refractivity contribution in [1.82, 2.24) is 14.8 Å². The maximum absolute atomic E-state index is 10.8. The Morgan fingerprint density at radius 3 is 2.71 bits per heavy atom. The fourth-order valence-corrected chi connectivity index (χ4v) is 2.76. The largest absolute Gasteiger partial charge is 0.481 e. The van der Waals surface area contributed by atoms with Crippen molar-refractivity contribution in [2.24, 2.45) is 0 Å². The zero-order chi connectivity index (χ0) is 15.2. The second-order valence-corrected chi connectivity index (χ2v) is 5.47. The summed E-state index contributed by atoms with van der Waals surface area (Å²) in [6, 6.07) is 9.70. The van der Waals surface area contributed by atoms with E-state index in [0.717, 1.165) is 17.3 Å². The number of nitrogens with zero attached hydrogens (tertiary/aromatic N) is 3. The number of aliphatic carboxylic acids is 1. The van der Waals surface area contributed by atoms with Crippen molar-refractivity contribution in [3.63, 3.8) is 0 Å². The van der Waals surface area contributed by atoms with Crippen molar-refractivity contribution < 1.29 is 14.6 Å². The maximum atomic E-state index is 10.8. The maximum Gasteiger partial charge on any atom is 0.313 e. The quantitative estimate of drug-likeness (QED) is 0.791. The number of carboxylic acid groups (broad SMARTS) is 1. The molecule has 1 aromatic heterocycles. The summed E-state index contributed by atoms with van der Waals surface area (Å²) >= 11 is 1.16. The Hall–Kier alpha value is -1.86. The average Bonchev–Trinajstić information content (AvgIpc) is 2.90. The zero-order valence-corrected chi connectivity index (χ0v) is 12.7. The van der Waals surface area contributed by atoms with Crippen LogP contribution in [0.15, 0.2) is 35.5 Å². The first-order valence-corrected chi connectivity index (χ1v) is 7.46. The monoisotopic (exact) mass is 307 g/mol. The molecule has 7 heteroatoms. The molecule has 112 valence electrons.